The van der Waals surface area contributed by atoms with Crippen LogP contribution in [0.1, 0.15) is 35.6 Å². The fourth-order valence-electron chi connectivity index (χ4n) is 4.16. The third-order valence-corrected chi connectivity index (χ3v) is 5.51. The number of halogens is 1. The molecule has 1 aromatic heterocycles. The molecular formula is C19H22FN3O2. The van der Waals surface area contributed by atoms with Gasteiger partial charge in [0.05, 0.1) is 13.3 Å². The third-order valence-electron chi connectivity index (χ3n) is 5.51. The van der Waals surface area contributed by atoms with Crippen LogP contribution in [0.4, 0.5) is 4.39 Å². The number of nitrogens with one attached hydrogen (secondary N) is 1. The summed E-state index contributed by atoms with van der Waals surface area (Å²) >= 11 is 0. The van der Waals surface area contributed by atoms with Gasteiger partial charge in [-0.3, -0.25) is 9.89 Å². The summed E-state index contributed by atoms with van der Waals surface area (Å²) in [4.78, 5) is 14.9. The number of aromatic amines is 1. The van der Waals surface area contributed by atoms with Crippen LogP contribution in [0.2, 0.25) is 0 Å². The van der Waals surface area contributed by atoms with Crippen LogP contribution in [-0.4, -0.2) is 41.2 Å². The largest absolute Gasteiger partial charge is 0.493 e. The molecule has 6 heteroatoms. The highest BCUT2D eigenvalue weighted by atomic mass is 19.1. The quantitative estimate of drug-likeness (QED) is 0.932. The van der Waals surface area contributed by atoms with Crippen LogP contribution in [0.25, 0.3) is 0 Å². The number of aryl methyl sites for hydroxylation is 1. The van der Waals surface area contributed by atoms with Gasteiger partial charge < -0.3 is 9.64 Å². The van der Waals surface area contributed by atoms with Gasteiger partial charge in [0.15, 0.2) is 11.6 Å². The van der Waals surface area contributed by atoms with Crippen molar-refractivity contribution in [2.45, 2.75) is 31.6 Å². The average Bonchev–Trinajstić information content (AvgIpc) is 3.29. The SMILES string of the molecule is COc1c(F)cccc1C1CCN(C(=O)C2CCc3[nH]ncc3C2)C1. The number of amides is 1. The van der Waals surface area contributed by atoms with Crippen LogP contribution in [0, 0.1) is 11.7 Å². The van der Waals surface area contributed by atoms with Crippen molar-refractivity contribution in [3.05, 3.63) is 47.0 Å². The van der Waals surface area contributed by atoms with Crippen molar-refractivity contribution in [3.63, 3.8) is 0 Å². The lowest BCUT2D eigenvalue weighted by Gasteiger charge is -2.26. The molecule has 2 unspecified atom stereocenters. The van der Waals surface area contributed by atoms with Crippen LogP contribution in [-0.2, 0) is 17.6 Å². The standard InChI is InChI=1S/C19H22FN3O2/c1-25-18-15(3-2-4-16(18)20)13-7-8-23(11-13)19(24)12-5-6-17-14(9-12)10-21-22-17/h2-4,10,12-13H,5-9,11H2,1H3,(H,21,22). The van der Waals surface area contributed by atoms with Gasteiger partial charge in [-0.25, -0.2) is 4.39 Å². The average molecular weight is 343 g/mol. The molecule has 1 N–H and O–H groups in total. The van der Waals surface area contributed by atoms with E-state index in [1.807, 2.05) is 17.2 Å². The number of carbonyl (C=O) groups excluding carboxylic acids is 1. The van der Waals surface area contributed by atoms with E-state index in [1.54, 1.807) is 6.07 Å². The fourth-order valence-corrected chi connectivity index (χ4v) is 4.16. The number of likely N-dealkylation sites (tertiary alicyclic amines) is 1. The second-order valence-electron chi connectivity index (χ2n) is 6.95. The molecule has 0 radical (unpaired) electrons. The number of rotatable bonds is 3. The molecule has 1 aliphatic heterocycles. The molecule has 1 amide bonds. The lowest BCUT2D eigenvalue weighted by Crippen LogP contribution is -2.36. The Hall–Kier alpha value is -2.37. The Kier molecular flexibility index (Phi) is 4.19. The van der Waals surface area contributed by atoms with E-state index in [0.717, 1.165) is 49.0 Å². The first-order valence-corrected chi connectivity index (χ1v) is 8.79. The van der Waals surface area contributed by atoms with Gasteiger partial charge in [0, 0.05) is 36.2 Å². The summed E-state index contributed by atoms with van der Waals surface area (Å²) in [5.41, 5.74) is 3.18. The zero-order valence-electron chi connectivity index (χ0n) is 14.3. The van der Waals surface area contributed by atoms with E-state index in [4.69, 9.17) is 4.74 Å². The van der Waals surface area contributed by atoms with E-state index < -0.39 is 0 Å². The first-order valence-electron chi connectivity index (χ1n) is 8.79. The van der Waals surface area contributed by atoms with Crippen LogP contribution in [0.3, 0.4) is 0 Å². The Morgan fingerprint density at radius 2 is 2.28 bits per heavy atom. The van der Waals surface area contributed by atoms with Crippen molar-refractivity contribution in [1.29, 1.82) is 0 Å². The van der Waals surface area contributed by atoms with Gasteiger partial charge in [-0.1, -0.05) is 12.1 Å². The molecule has 2 atom stereocenters. The van der Waals surface area contributed by atoms with Crippen LogP contribution >= 0.6 is 0 Å². The smallest absolute Gasteiger partial charge is 0.226 e. The molecule has 0 saturated carbocycles. The summed E-state index contributed by atoms with van der Waals surface area (Å²) in [6, 6.07) is 5.02. The number of benzene rings is 1. The van der Waals surface area contributed by atoms with E-state index in [-0.39, 0.29) is 23.6 Å². The van der Waals surface area contributed by atoms with E-state index in [0.29, 0.717) is 12.3 Å². The molecule has 2 heterocycles. The zero-order valence-corrected chi connectivity index (χ0v) is 14.3. The summed E-state index contributed by atoms with van der Waals surface area (Å²) in [6.07, 6.45) is 5.17. The molecule has 2 aromatic rings. The topological polar surface area (TPSA) is 58.2 Å². The lowest BCUT2D eigenvalue weighted by atomic mass is 9.87. The van der Waals surface area contributed by atoms with Crippen LogP contribution < -0.4 is 4.74 Å². The number of nitrogens with zero attached hydrogens (tertiary/aromatic N) is 2. The number of fused-ring (bicyclic) bond motifs is 1. The van der Waals surface area contributed by atoms with Gasteiger partial charge >= 0.3 is 0 Å². The van der Waals surface area contributed by atoms with E-state index in [1.165, 1.54) is 13.2 Å². The molecular weight excluding hydrogens is 321 g/mol. The van der Waals surface area contributed by atoms with Gasteiger partial charge in [0.2, 0.25) is 5.91 Å². The monoisotopic (exact) mass is 343 g/mol. The molecule has 1 aliphatic carbocycles. The first-order chi connectivity index (χ1) is 12.2. The van der Waals surface area contributed by atoms with Crippen LogP contribution in [0.5, 0.6) is 5.75 Å². The number of H-pyrrole nitrogens is 1. The van der Waals surface area contributed by atoms with Crippen molar-refractivity contribution in [2.75, 3.05) is 20.2 Å². The van der Waals surface area contributed by atoms with Gasteiger partial charge in [-0.2, -0.15) is 5.10 Å². The molecule has 0 spiro atoms. The Balaban J connectivity index is 1.46. The van der Waals surface area contributed by atoms with Gasteiger partial charge in [-0.15, -0.1) is 0 Å². The highest BCUT2D eigenvalue weighted by molar-refractivity contribution is 5.80. The number of para-hydroxylation sites is 1. The minimum Gasteiger partial charge on any atom is -0.493 e. The summed E-state index contributed by atoms with van der Waals surface area (Å²) < 4.78 is 19.2. The molecule has 4 rings (SSSR count). The summed E-state index contributed by atoms with van der Waals surface area (Å²) in [5, 5.41) is 7.08. The van der Waals surface area contributed by atoms with Crippen molar-refractivity contribution in [1.82, 2.24) is 15.1 Å². The molecule has 0 bridgehead atoms. The highest BCUT2D eigenvalue weighted by Crippen LogP contribution is 2.36. The predicted molar refractivity (Wildman–Crippen MR) is 91.0 cm³/mol. The Morgan fingerprint density at radius 3 is 3.12 bits per heavy atom. The van der Waals surface area contributed by atoms with Crippen molar-refractivity contribution in [2.24, 2.45) is 5.92 Å². The number of hydrogen-bond acceptors (Lipinski definition) is 3. The molecule has 1 aromatic carbocycles. The minimum absolute atomic E-state index is 0.0262. The molecule has 5 nitrogen and oxygen atoms in total. The fraction of sp³-hybridized carbons (Fsp3) is 0.474. The normalized spacial score (nSPS) is 22.7. The van der Waals surface area contributed by atoms with E-state index in [9.17, 15) is 9.18 Å². The summed E-state index contributed by atoms with van der Waals surface area (Å²) in [5.74, 6) is 0.331. The molecule has 1 fully saturated rings. The van der Waals surface area contributed by atoms with Crippen molar-refractivity contribution in [3.8, 4) is 5.75 Å². The second-order valence-corrected chi connectivity index (χ2v) is 6.95. The number of ether oxygens (including phenoxy) is 1. The molecule has 25 heavy (non-hydrogen) atoms. The third kappa shape index (κ3) is 2.90. The minimum atomic E-state index is -0.343. The Labute approximate surface area is 146 Å². The van der Waals surface area contributed by atoms with Crippen LogP contribution in [0.15, 0.2) is 24.4 Å². The summed E-state index contributed by atoms with van der Waals surface area (Å²) in [7, 11) is 1.49. The maximum absolute atomic E-state index is 13.9. The Morgan fingerprint density at radius 1 is 1.40 bits per heavy atom. The second kappa shape index (κ2) is 6.50. The number of hydrogen-bond donors (Lipinski definition) is 1. The number of aromatic nitrogens is 2. The van der Waals surface area contributed by atoms with Gasteiger partial charge in [0.25, 0.3) is 0 Å². The maximum atomic E-state index is 13.9. The molecule has 2 aliphatic rings. The Bertz CT molecular complexity index is 789. The van der Waals surface area contributed by atoms with Crippen molar-refractivity contribution >= 4 is 5.91 Å². The molecule has 132 valence electrons. The predicted octanol–water partition coefficient (Wildman–Crippen LogP) is 2.68. The zero-order chi connectivity index (χ0) is 17.4. The van der Waals surface area contributed by atoms with Gasteiger partial charge in [-0.05, 0) is 37.3 Å². The lowest BCUT2D eigenvalue weighted by molar-refractivity contribution is -0.134. The number of methoxy groups -OCH3 is 1. The molecule has 1 saturated heterocycles. The maximum Gasteiger partial charge on any atom is 0.226 e. The highest BCUT2D eigenvalue weighted by Gasteiger charge is 2.34. The number of carbonyl (C=O) groups is 1. The van der Waals surface area contributed by atoms with E-state index in [2.05, 4.69) is 10.2 Å². The van der Waals surface area contributed by atoms with Gasteiger partial charge in [0.1, 0.15) is 0 Å². The summed E-state index contributed by atoms with van der Waals surface area (Å²) in [6.45, 7) is 1.35. The van der Waals surface area contributed by atoms with E-state index >= 15 is 0 Å². The van der Waals surface area contributed by atoms with Crippen molar-refractivity contribution < 1.29 is 13.9 Å². The first kappa shape index (κ1) is 16.1.